The van der Waals surface area contributed by atoms with Gasteiger partial charge in [-0.25, -0.2) is 9.18 Å². The highest BCUT2D eigenvalue weighted by Crippen LogP contribution is 2.27. The predicted octanol–water partition coefficient (Wildman–Crippen LogP) is 2.13. The van der Waals surface area contributed by atoms with E-state index in [4.69, 9.17) is 16.7 Å². The van der Waals surface area contributed by atoms with Crippen LogP contribution in [-0.4, -0.2) is 20.2 Å². The second-order valence-corrected chi connectivity index (χ2v) is 5.60. The van der Waals surface area contributed by atoms with Gasteiger partial charge in [0.1, 0.15) is 12.4 Å². The molecule has 0 saturated carbocycles. The molecule has 0 aliphatic carbocycles. The number of rotatable bonds is 4. The first-order valence-corrected chi connectivity index (χ1v) is 7.14. The topological polar surface area (TPSA) is 81.3 Å². The van der Waals surface area contributed by atoms with Gasteiger partial charge < -0.3 is 5.11 Å². The Balaban J connectivity index is 2.86. The van der Waals surface area contributed by atoms with Crippen molar-refractivity contribution in [1.29, 1.82) is 0 Å². The number of aromatic nitrogens is 2. The Morgan fingerprint density at radius 1 is 1.30 bits per heavy atom. The van der Waals surface area contributed by atoms with E-state index in [1.807, 2.05) is 0 Å². The number of nitrogens with zero attached hydrogens (tertiary/aromatic N) is 2. The van der Waals surface area contributed by atoms with Gasteiger partial charge in [-0.3, -0.25) is 18.7 Å². The quantitative estimate of drug-likeness (QED) is 0.924. The predicted molar refractivity (Wildman–Crippen MR) is 83.4 cm³/mol. The highest BCUT2D eigenvalue weighted by atomic mass is 35.5. The summed E-state index contributed by atoms with van der Waals surface area (Å²) in [6, 6.07) is 3.45. The van der Waals surface area contributed by atoms with Gasteiger partial charge in [0.05, 0.1) is 10.6 Å². The minimum absolute atomic E-state index is 0.0379. The number of carboxylic acids is 1. The molecule has 23 heavy (non-hydrogen) atoms. The molecule has 0 spiro atoms. The Bertz CT molecular complexity index is 886. The SMILES string of the molecule is CC(C)n1c(=O)c(-c2cccc(F)c2Cl)cn(CC(=O)O)c1=O. The molecule has 2 aromatic rings. The van der Waals surface area contributed by atoms with Crippen LogP contribution in [-0.2, 0) is 11.3 Å². The van der Waals surface area contributed by atoms with Gasteiger partial charge in [-0.2, -0.15) is 0 Å². The number of carbonyl (C=O) groups is 1. The molecule has 0 fully saturated rings. The number of benzene rings is 1. The van der Waals surface area contributed by atoms with Crippen LogP contribution in [0.4, 0.5) is 4.39 Å². The smallest absolute Gasteiger partial charge is 0.331 e. The molecule has 0 unspecified atom stereocenters. The second-order valence-electron chi connectivity index (χ2n) is 5.22. The summed E-state index contributed by atoms with van der Waals surface area (Å²) in [7, 11) is 0. The third-order valence-corrected chi connectivity index (χ3v) is 3.63. The van der Waals surface area contributed by atoms with Crippen molar-refractivity contribution in [3.63, 3.8) is 0 Å². The molecule has 0 radical (unpaired) electrons. The van der Waals surface area contributed by atoms with Crippen molar-refractivity contribution in [2.45, 2.75) is 26.4 Å². The minimum atomic E-state index is -1.24. The molecule has 2 rings (SSSR count). The average Bonchev–Trinajstić information content (AvgIpc) is 2.44. The molecular formula is C15H14ClFN2O4. The Morgan fingerprint density at radius 3 is 2.52 bits per heavy atom. The number of hydrogen-bond donors (Lipinski definition) is 1. The molecule has 0 aliphatic heterocycles. The van der Waals surface area contributed by atoms with Gasteiger partial charge in [-0.05, 0) is 19.9 Å². The lowest BCUT2D eigenvalue weighted by molar-refractivity contribution is -0.137. The Kier molecular flexibility index (Phi) is 4.70. The van der Waals surface area contributed by atoms with Crippen LogP contribution in [0.2, 0.25) is 5.02 Å². The first-order chi connectivity index (χ1) is 10.7. The van der Waals surface area contributed by atoms with E-state index < -0.39 is 35.6 Å². The molecule has 8 heteroatoms. The minimum Gasteiger partial charge on any atom is -0.480 e. The summed E-state index contributed by atoms with van der Waals surface area (Å²) in [6.45, 7) is 2.61. The summed E-state index contributed by atoms with van der Waals surface area (Å²) < 4.78 is 15.4. The summed E-state index contributed by atoms with van der Waals surface area (Å²) >= 11 is 5.90. The molecule has 0 saturated heterocycles. The maximum atomic E-state index is 13.6. The molecule has 1 aromatic heterocycles. The van der Waals surface area contributed by atoms with Gasteiger partial charge >= 0.3 is 11.7 Å². The van der Waals surface area contributed by atoms with E-state index in [2.05, 4.69) is 0 Å². The molecule has 6 nitrogen and oxygen atoms in total. The molecule has 1 N–H and O–H groups in total. The summed E-state index contributed by atoms with van der Waals surface area (Å²) in [4.78, 5) is 35.7. The third kappa shape index (κ3) is 3.19. The first kappa shape index (κ1) is 17.0. The fraction of sp³-hybridized carbons (Fsp3) is 0.267. The van der Waals surface area contributed by atoms with Crippen LogP contribution < -0.4 is 11.2 Å². The van der Waals surface area contributed by atoms with Crippen LogP contribution in [0.25, 0.3) is 11.1 Å². The monoisotopic (exact) mass is 340 g/mol. The number of aliphatic carboxylic acids is 1. The molecule has 0 amide bonds. The molecule has 0 bridgehead atoms. The largest absolute Gasteiger partial charge is 0.480 e. The maximum Gasteiger partial charge on any atom is 0.331 e. The van der Waals surface area contributed by atoms with E-state index in [0.29, 0.717) is 0 Å². The van der Waals surface area contributed by atoms with Crippen molar-refractivity contribution in [3.8, 4) is 11.1 Å². The summed E-state index contributed by atoms with van der Waals surface area (Å²) in [6.07, 6.45) is 1.10. The molecule has 122 valence electrons. The zero-order valence-corrected chi connectivity index (χ0v) is 13.2. The van der Waals surface area contributed by atoms with Crippen LogP contribution in [0.3, 0.4) is 0 Å². The Labute approximate surface area is 135 Å². The fourth-order valence-corrected chi connectivity index (χ4v) is 2.46. The van der Waals surface area contributed by atoms with Crippen molar-refractivity contribution in [3.05, 3.63) is 56.1 Å². The Morgan fingerprint density at radius 2 is 1.96 bits per heavy atom. The van der Waals surface area contributed by atoms with Crippen LogP contribution in [0.1, 0.15) is 19.9 Å². The van der Waals surface area contributed by atoms with Crippen LogP contribution in [0.15, 0.2) is 34.0 Å². The Hall–Kier alpha value is -2.41. The third-order valence-electron chi connectivity index (χ3n) is 3.25. The number of hydrogen-bond acceptors (Lipinski definition) is 3. The van der Waals surface area contributed by atoms with Gasteiger partial charge in [-0.15, -0.1) is 0 Å². The maximum absolute atomic E-state index is 13.6. The van der Waals surface area contributed by atoms with Crippen LogP contribution >= 0.6 is 11.6 Å². The van der Waals surface area contributed by atoms with Crippen molar-refractivity contribution < 1.29 is 14.3 Å². The van der Waals surface area contributed by atoms with Crippen molar-refractivity contribution in [2.75, 3.05) is 0 Å². The van der Waals surface area contributed by atoms with Gasteiger partial charge in [0.2, 0.25) is 0 Å². The first-order valence-electron chi connectivity index (χ1n) is 6.76. The highest BCUT2D eigenvalue weighted by molar-refractivity contribution is 6.33. The molecule has 0 atom stereocenters. The van der Waals surface area contributed by atoms with Crippen molar-refractivity contribution in [1.82, 2.24) is 9.13 Å². The molecule has 1 aromatic carbocycles. The van der Waals surface area contributed by atoms with Crippen LogP contribution in [0.5, 0.6) is 0 Å². The molecular weight excluding hydrogens is 327 g/mol. The zero-order chi connectivity index (χ0) is 17.3. The van der Waals surface area contributed by atoms with E-state index in [9.17, 15) is 18.8 Å². The van der Waals surface area contributed by atoms with Crippen molar-refractivity contribution >= 4 is 17.6 Å². The summed E-state index contributed by atoms with van der Waals surface area (Å²) in [5.74, 6) is -1.95. The van der Waals surface area contributed by atoms with E-state index in [1.54, 1.807) is 13.8 Å². The zero-order valence-electron chi connectivity index (χ0n) is 12.4. The average molecular weight is 341 g/mol. The van der Waals surface area contributed by atoms with Gasteiger partial charge in [-0.1, -0.05) is 23.7 Å². The summed E-state index contributed by atoms with van der Waals surface area (Å²) in [5, 5.41) is 8.65. The van der Waals surface area contributed by atoms with Gasteiger partial charge in [0, 0.05) is 17.8 Å². The fourth-order valence-electron chi connectivity index (χ4n) is 2.23. The van der Waals surface area contributed by atoms with E-state index in [0.717, 1.165) is 21.4 Å². The lowest BCUT2D eigenvalue weighted by Crippen LogP contribution is -2.42. The van der Waals surface area contributed by atoms with E-state index >= 15 is 0 Å². The van der Waals surface area contributed by atoms with Gasteiger partial charge in [0.15, 0.2) is 0 Å². The molecule has 0 aliphatic rings. The number of carboxylic acid groups (broad SMARTS) is 1. The lowest BCUT2D eigenvalue weighted by Gasteiger charge is -2.15. The second kappa shape index (κ2) is 6.37. The van der Waals surface area contributed by atoms with Crippen LogP contribution in [0, 0.1) is 5.82 Å². The lowest BCUT2D eigenvalue weighted by atomic mass is 10.1. The van der Waals surface area contributed by atoms with E-state index in [1.165, 1.54) is 12.1 Å². The highest BCUT2D eigenvalue weighted by Gasteiger charge is 2.19. The van der Waals surface area contributed by atoms with E-state index in [-0.39, 0.29) is 16.1 Å². The molecule has 1 heterocycles. The standard InChI is InChI=1S/C15H14ClFN2O4/c1-8(2)19-14(22)10(6-18(15(19)23)7-12(20)21)9-4-3-5-11(17)13(9)16/h3-6,8H,7H2,1-2H3,(H,20,21). The van der Waals surface area contributed by atoms with Crippen molar-refractivity contribution in [2.24, 2.45) is 0 Å². The van der Waals surface area contributed by atoms with Gasteiger partial charge in [0.25, 0.3) is 5.56 Å². The normalized spacial score (nSPS) is 11.0. The number of halogens is 2. The summed E-state index contributed by atoms with van der Waals surface area (Å²) in [5.41, 5.74) is -1.34.